The highest BCUT2D eigenvalue weighted by Crippen LogP contribution is 2.19. The minimum absolute atomic E-state index is 0.00225. The van der Waals surface area contributed by atoms with Crippen LogP contribution < -0.4 is 15.5 Å². The molecule has 0 aromatic carbocycles. The van der Waals surface area contributed by atoms with Crippen molar-refractivity contribution in [2.45, 2.75) is 44.7 Å². The number of nitrogens with zero attached hydrogens (tertiary/aromatic N) is 2. The zero-order valence-electron chi connectivity index (χ0n) is 13.3. The monoisotopic (exact) mass is 302 g/mol. The van der Waals surface area contributed by atoms with Crippen molar-refractivity contribution in [1.29, 1.82) is 0 Å². The Hall–Kier alpha value is -1.62. The minimum Gasteiger partial charge on any atom is -0.356 e. The Balaban J connectivity index is 1.46. The van der Waals surface area contributed by atoms with E-state index in [1.54, 1.807) is 0 Å². The van der Waals surface area contributed by atoms with Crippen molar-refractivity contribution in [1.82, 2.24) is 15.6 Å². The summed E-state index contributed by atoms with van der Waals surface area (Å²) < 4.78 is 0. The van der Waals surface area contributed by atoms with Crippen molar-refractivity contribution >= 4 is 11.7 Å². The molecule has 5 nitrogen and oxygen atoms in total. The van der Waals surface area contributed by atoms with Gasteiger partial charge in [0.15, 0.2) is 0 Å². The second kappa shape index (κ2) is 7.09. The molecule has 120 valence electrons. The number of carbonyl (C=O) groups is 1. The molecule has 2 aliphatic heterocycles. The molecular formula is C17H26N4O. The summed E-state index contributed by atoms with van der Waals surface area (Å²) in [7, 11) is 0. The lowest BCUT2D eigenvalue weighted by molar-refractivity contribution is -0.124. The van der Waals surface area contributed by atoms with Crippen molar-refractivity contribution < 1.29 is 4.79 Å². The number of hydrogen-bond acceptors (Lipinski definition) is 4. The number of hydrogen-bond donors (Lipinski definition) is 2. The van der Waals surface area contributed by atoms with E-state index in [4.69, 9.17) is 0 Å². The van der Waals surface area contributed by atoms with Crippen LogP contribution in [0.3, 0.4) is 0 Å². The molecule has 2 N–H and O–H groups in total. The maximum atomic E-state index is 12.4. The normalized spacial score (nSPS) is 26.7. The molecule has 1 amide bonds. The SMILES string of the molecule is CC1CCNC(C(=O)NC2CCN(c3ccccn3)CC2)C1. The van der Waals surface area contributed by atoms with Gasteiger partial charge in [-0.1, -0.05) is 13.0 Å². The molecule has 0 aliphatic carbocycles. The minimum atomic E-state index is -0.00225. The van der Waals surface area contributed by atoms with Gasteiger partial charge in [0.1, 0.15) is 5.82 Å². The number of amides is 1. The number of rotatable bonds is 3. The Bertz CT molecular complexity index is 485. The first-order valence-corrected chi connectivity index (χ1v) is 8.42. The molecule has 2 atom stereocenters. The van der Waals surface area contributed by atoms with E-state index in [1.807, 2.05) is 24.4 Å². The standard InChI is InChI=1S/C17H26N4O/c1-13-5-9-18-15(12-13)17(22)20-14-6-10-21(11-7-14)16-4-2-3-8-19-16/h2-4,8,13-15,18H,5-7,9-12H2,1H3,(H,20,22). The summed E-state index contributed by atoms with van der Waals surface area (Å²) in [4.78, 5) is 19.1. The van der Waals surface area contributed by atoms with Gasteiger partial charge >= 0.3 is 0 Å². The van der Waals surface area contributed by atoms with Gasteiger partial charge in [-0.15, -0.1) is 0 Å². The molecular weight excluding hydrogens is 276 g/mol. The smallest absolute Gasteiger partial charge is 0.237 e. The third kappa shape index (κ3) is 3.77. The van der Waals surface area contributed by atoms with E-state index in [0.717, 1.165) is 44.7 Å². The quantitative estimate of drug-likeness (QED) is 0.889. The van der Waals surface area contributed by atoms with E-state index in [-0.39, 0.29) is 11.9 Å². The molecule has 2 fully saturated rings. The second-order valence-electron chi connectivity index (χ2n) is 6.59. The molecule has 1 aromatic heterocycles. The van der Waals surface area contributed by atoms with Crippen LogP contribution in [0.2, 0.25) is 0 Å². The topological polar surface area (TPSA) is 57.3 Å². The van der Waals surface area contributed by atoms with E-state index in [1.165, 1.54) is 6.42 Å². The molecule has 0 saturated carbocycles. The Labute approximate surface area is 132 Å². The summed E-state index contributed by atoms with van der Waals surface area (Å²) in [6.45, 7) is 5.09. The third-order valence-corrected chi connectivity index (χ3v) is 4.80. The van der Waals surface area contributed by atoms with E-state index >= 15 is 0 Å². The summed E-state index contributed by atoms with van der Waals surface area (Å²) in [5.74, 6) is 1.86. The summed E-state index contributed by atoms with van der Waals surface area (Å²) >= 11 is 0. The van der Waals surface area contributed by atoms with Crippen LogP contribution in [0, 0.1) is 5.92 Å². The lowest BCUT2D eigenvalue weighted by Gasteiger charge is -2.34. The Morgan fingerprint density at radius 1 is 1.32 bits per heavy atom. The average molecular weight is 302 g/mol. The van der Waals surface area contributed by atoms with Crippen LogP contribution in [0.25, 0.3) is 0 Å². The van der Waals surface area contributed by atoms with Crippen molar-refractivity contribution in [3.8, 4) is 0 Å². The zero-order chi connectivity index (χ0) is 15.4. The van der Waals surface area contributed by atoms with Gasteiger partial charge in [-0.05, 0) is 50.3 Å². The maximum Gasteiger partial charge on any atom is 0.237 e. The highest BCUT2D eigenvalue weighted by Gasteiger charge is 2.27. The van der Waals surface area contributed by atoms with Crippen molar-refractivity contribution in [2.75, 3.05) is 24.5 Å². The molecule has 0 radical (unpaired) electrons. The van der Waals surface area contributed by atoms with Gasteiger partial charge in [-0.25, -0.2) is 4.98 Å². The van der Waals surface area contributed by atoms with Crippen LogP contribution in [0.5, 0.6) is 0 Å². The van der Waals surface area contributed by atoms with Crippen molar-refractivity contribution in [3.05, 3.63) is 24.4 Å². The van der Waals surface area contributed by atoms with E-state index in [2.05, 4.69) is 27.4 Å². The second-order valence-corrected chi connectivity index (χ2v) is 6.59. The van der Waals surface area contributed by atoms with Gasteiger partial charge in [0.2, 0.25) is 5.91 Å². The fraction of sp³-hybridized carbons (Fsp3) is 0.647. The van der Waals surface area contributed by atoms with Gasteiger partial charge in [0, 0.05) is 25.3 Å². The highest BCUT2D eigenvalue weighted by atomic mass is 16.2. The molecule has 3 heterocycles. The maximum absolute atomic E-state index is 12.4. The van der Waals surface area contributed by atoms with E-state index in [0.29, 0.717) is 12.0 Å². The van der Waals surface area contributed by atoms with E-state index < -0.39 is 0 Å². The number of pyridine rings is 1. The van der Waals surface area contributed by atoms with Gasteiger partial charge < -0.3 is 15.5 Å². The summed E-state index contributed by atoms with van der Waals surface area (Å²) in [6, 6.07) is 6.30. The van der Waals surface area contributed by atoms with Crippen LogP contribution in [0.15, 0.2) is 24.4 Å². The van der Waals surface area contributed by atoms with Crippen LogP contribution >= 0.6 is 0 Å². The predicted molar refractivity (Wildman–Crippen MR) is 87.8 cm³/mol. The molecule has 22 heavy (non-hydrogen) atoms. The number of aromatic nitrogens is 1. The molecule has 5 heteroatoms. The molecule has 0 spiro atoms. The first kappa shape index (κ1) is 15.3. The van der Waals surface area contributed by atoms with Crippen LogP contribution in [-0.2, 0) is 4.79 Å². The largest absolute Gasteiger partial charge is 0.356 e. The molecule has 1 aromatic rings. The summed E-state index contributed by atoms with van der Waals surface area (Å²) in [5, 5.41) is 6.57. The average Bonchev–Trinajstić information content (AvgIpc) is 2.56. The number of anilines is 1. The van der Waals surface area contributed by atoms with Gasteiger partial charge in [0.05, 0.1) is 6.04 Å². The summed E-state index contributed by atoms with van der Waals surface area (Å²) in [6.07, 6.45) is 5.94. The lowest BCUT2D eigenvalue weighted by Crippen LogP contribution is -2.53. The van der Waals surface area contributed by atoms with Crippen LogP contribution in [-0.4, -0.2) is 42.6 Å². The van der Waals surface area contributed by atoms with Crippen LogP contribution in [0.1, 0.15) is 32.6 Å². The first-order chi connectivity index (χ1) is 10.7. The summed E-state index contributed by atoms with van der Waals surface area (Å²) in [5.41, 5.74) is 0. The van der Waals surface area contributed by atoms with Crippen LogP contribution in [0.4, 0.5) is 5.82 Å². The van der Waals surface area contributed by atoms with Gasteiger partial charge in [-0.3, -0.25) is 4.79 Å². The fourth-order valence-electron chi connectivity index (χ4n) is 3.40. The first-order valence-electron chi connectivity index (χ1n) is 8.42. The number of carbonyl (C=O) groups excluding carboxylic acids is 1. The lowest BCUT2D eigenvalue weighted by atomic mass is 9.93. The van der Waals surface area contributed by atoms with Crippen molar-refractivity contribution in [3.63, 3.8) is 0 Å². The van der Waals surface area contributed by atoms with Crippen molar-refractivity contribution in [2.24, 2.45) is 5.92 Å². The molecule has 2 saturated heterocycles. The fourth-order valence-corrected chi connectivity index (χ4v) is 3.40. The zero-order valence-corrected chi connectivity index (χ0v) is 13.3. The highest BCUT2D eigenvalue weighted by molar-refractivity contribution is 5.82. The third-order valence-electron chi connectivity index (χ3n) is 4.80. The Kier molecular flexibility index (Phi) is 4.93. The van der Waals surface area contributed by atoms with Gasteiger partial charge in [0.25, 0.3) is 0 Å². The molecule has 2 unspecified atom stereocenters. The Morgan fingerprint density at radius 3 is 2.82 bits per heavy atom. The van der Waals surface area contributed by atoms with Gasteiger partial charge in [-0.2, -0.15) is 0 Å². The molecule has 2 aliphatic rings. The molecule has 3 rings (SSSR count). The predicted octanol–water partition coefficient (Wildman–Crippen LogP) is 1.55. The number of piperidine rings is 2. The molecule has 0 bridgehead atoms. The van der Waals surface area contributed by atoms with E-state index in [9.17, 15) is 4.79 Å². The number of nitrogens with one attached hydrogen (secondary N) is 2. The Morgan fingerprint density at radius 2 is 2.14 bits per heavy atom.